The number of carboxylic acids is 1. The Labute approximate surface area is 115 Å². The van der Waals surface area contributed by atoms with Crippen molar-refractivity contribution in [3.63, 3.8) is 0 Å². The van der Waals surface area contributed by atoms with Gasteiger partial charge >= 0.3 is 12.1 Å². The number of aliphatic carboxylic acids is 1. The molecule has 0 saturated carbocycles. The first-order valence-corrected chi connectivity index (χ1v) is 6.69. The summed E-state index contributed by atoms with van der Waals surface area (Å²) in [7, 11) is 0. The van der Waals surface area contributed by atoms with Crippen molar-refractivity contribution in [1.29, 1.82) is 0 Å². The summed E-state index contributed by atoms with van der Waals surface area (Å²) in [6, 6.07) is 0. The summed E-state index contributed by atoms with van der Waals surface area (Å²) in [4.78, 5) is 24.6. The summed E-state index contributed by atoms with van der Waals surface area (Å²) in [5.74, 6) is -0.984. The van der Waals surface area contributed by atoms with E-state index in [4.69, 9.17) is 4.74 Å². The molecule has 17 heavy (non-hydrogen) atoms. The molecular formula is C11H18INO4. The third-order valence-electron chi connectivity index (χ3n) is 2.67. The molecule has 0 aliphatic carbocycles. The number of carboxylic acid groups (broad SMARTS) is 1. The van der Waals surface area contributed by atoms with Gasteiger partial charge in [0.05, 0.1) is 0 Å². The number of halogens is 1. The highest BCUT2D eigenvalue weighted by Gasteiger charge is 2.50. The minimum Gasteiger partial charge on any atom is -0.480 e. The number of carbonyl (C=O) groups excluding carboxylic acids is 1. The molecule has 1 rings (SSSR count). The fourth-order valence-electron chi connectivity index (χ4n) is 1.80. The summed E-state index contributed by atoms with van der Waals surface area (Å²) in [6.45, 7) is 7.28. The second-order valence-electron chi connectivity index (χ2n) is 5.47. The molecule has 0 bridgehead atoms. The average molecular weight is 355 g/mol. The molecule has 5 nitrogen and oxygen atoms in total. The Balaban J connectivity index is 2.88. The topological polar surface area (TPSA) is 66.8 Å². The highest BCUT2D eigenvalue weighted by Crippen LogP contribution is 2.34. The monoisotopic (exact) mass is 355 g/mol. The summed E-state index contributed by atoms with van der Waals surface area (Å²) < 4.78 is 5.38. The zero-order valence-corrected chi connectivity index (χ0v) is 12.6. The van der Waals surface area contributed by atoms with Crippen molar-refractivity contribution in [3.8, 4) is 0 Å². The van der Waals surface area contributed by atoms with Crippen LogP contribution in [0.25, 0.3) is 0 Å². The Morgan fingerprint density at radius 3 is 2.41 bits per heavy atom. The molecule has 1 aliphatic heterocycles. The second-order valence-corrected chi connectivity index (χ2v) is 7.23. The summed E-state index contributed by atoms with van der Waals surface area (Å²) in [5, 5.41) is 9.26. The maximum atomic E-state index is 12.0. The minimum atomic E-state index is -1.16. The number of hydrogen-bond donors (Lipinski definition) is 1. The molecule has 1 unspecified atom stereocenters. The Morgan fingerprint density at radius 1 is 1.47 bits per heavy atom. The van der Waals surface area contributed by atoms with Crippen LogP contribution >= 0.6 is 22.6 Å². The Morgan fingerprint density at radius 2 is 2.00 bits per heavy atom. The van der Waals surface area contributed by atoms with Gasteiger partial charge in [0.2, 0.25) is 0 Å². The van der Waals surface area contributed by atoms with Gasteiger partial charge in [-0.25, -0.2) is 9.59 Å². The van der Waals surface area contributed by atoms with Crippen LogP contribution in [0.1, 0.15) is 34.1 Å². The van der Waals surface area contributed by atoms with E-state index in [1.807, 2.05) is 0 Å². The number of likely N-dealkylation sites (tertiary alicyclic amines) is 1. The first-order valence-electron chi connectivity index (χ1n) is 5.44. The van der Waals surface area contributed by atoms with Gasteiger partial charge in [0, 0.05) is 10.5 Å². The van der Waals surface area contributed by atoms with Crippen molar-refractivity contribution in [2.45, 2.75) is 49.2 Å². The van der Waals surface area contributed by atoms with E-state index < -0.39 is 23.2 Å². The first kappa shape index (κ1) is 14.5. The van der Waals surface area contributed by atoms with Gasteiger partial charge in [-0.05, 0) is 34.1 Å². The number of nitrogens with zero attached hydrogens (tertiary/aromatic N) is 1. The molecule has 98 valence electrons. The predicted octanol–water partition coefficient (Wildman–Crippen LogP) is 2.27. The molecule has 1 saturated heterocycles. The lowest BCUT2D eigenvalue weighted by Gasteiger charge is -2.32. The zero-order chi connectivity index (χ0) is 13.4. The predicted molar refractivity (Wildman–Crippen MR) is 71.4 cm³/mol. The molecule has 0 radical (unpaired) electrons. The molecule has 1 heterocycles. The second kappa shape index (κ2) is 4.62. The Hall–Kier alpha value is -0.530. The van der Waals surface area contributed by atoms with Crippen LogP contribution in [0.2, 0.25) is 0 Å². The Kier molecular flexibility index (Phi) is 3.95. The molecule has 0 aromatic rings. The van der Waals surface area contributed by atoms with E-state index in [2.05, 4.69) is 22.6 Å². The molecule has 0 spiro atoms. The maximum absolute atomic E-state index is 12.0. The van der Waals surface area contributed by atoms with Gasteiger partial charge in [0.1, 0.15) is 11.1 Å². The van der Waals surface area contributed by atoms with Crippen LogP contribution in [-0.4, -0.2) is 43.7 Å². The van der Waals surface area contributed by atoms with Crippen molar-refractivity contribution in [3.05, 3.63) is 0 Å². The van der Waals surface area contributed by atoms with Gasteiger partial charge in [-0.3, -0.25) is 4.90 Å². The van der Waals surface area contributed by atoms with Crippen LogP contribution in [0, 0.1) is 0 Å². The smallest absolute Gasteiger partial charge is 0.411 e. The lowest BCUT2D eigenvalue weighted by atomic mass is 10.00. The van der Waals surface area contributed by atoms with E-state index in [1.165, 1.54) is 4.90 Å². The standard InChI is InChI=1S/C11H18INO4/c1-10(2,3)17-9(16)13-6-7(12)5-11(13,4)8(14)15/h7H,5-6H2,1-4H3,(H,14,15)/t7?,11-/m0/s1. The Bertz CT molecular complexity index is 339. The minimum absolute atomic E-state index is 0.140. The van der Waals surface area contributed by atoms with Crippen LogP contribution in [0.5, 0.6) is 0 Å². The van der Waals surface area contributed by atoms with Crippen molar-refractivity contribution >= 4 is 34.7 Å². The maximum Gasteiger partial charge on any atom is 0.411 e. The number of amides is 1. The average Bonchev–Trinajstić information content (AvgIpc) is 2.40. The number of carbonyl (C=O) groups is 2. The van der Waals surface area contributed by atoms with Gasteiger partial charge in [-0.1, -0.05) is 22.6 Å². The van der Waals surface area contributed by atoms with Crippen LogP contribution in [0.15, 0.2) is 0 Å². The van der Waals surface area contributed by atoms with E-state index in [9.17, 15) is 14.7 Å². The molecule has 1 amide bonds. The quantitative estimate of drug-likeness (QED) is 0.579. The number of rotatable bonds is 1. The third-order valence-corrected chi connectivity index (χ3v) is 3.50. The van der Waals surface area contributed by atoms with E-state index in [0.29, 0.717) is 13.0 Å². The van der Waals surface area contributed by atoms with E-state index in [0.717, 1.165) is 0 Å². The van der Waals surface area contributed by atoms with Crippen LogP contribution in [0.4, 0.5) is 4.79 Å². The van der Waals surface area contributed by atoms with Crippen molar-refractivity contribution in [2.75, 3.05) is 6.54 Å². The van der Waals surface area contributed by atoms with Crippen LogP contribution in [-0.2, 0) is 9.53 Å². The van der Waals surface area contributed by atoms with Gasteiger partial charge in [0.25, 0.3) is 0 Å². The van der Waals surface area contributed by atoms with Gasteiger partial charge in [-0.15, -0.1) is 0 Å². The number of alkyl halides is 1. The van der Waals surface area contributed by atoms with Crippen LogP contribution < -0.4 is 0 Å². The summed E-state index contributed by atoms with van der Waals surface area (Å²) in [6.07, 6.45) is -0.108. The highest BCUT2D eigenvalue weighted by atomic mass is 127. The first-order chi connectivity index (χ1) is 7.56. The SMILES string of the molecule is CC(C)(C)OC(=O)N1CC(I)C[C@@]1(C)C(=O)O. The molecule has 0 aromatic heterocycles. The van der Waals surface area contributed by atoms with E-state index in [1.54, 1.807) is 27.7 Å². The van der Waals surface area contributed by atoms with Gasteiger partial charge < -0.3 is 9.84 Å². The molecule has 2 atom stereocenters. The summed E-state index contributed by atoms with van der Waals surface area (Å²) in [5.41, 5.74) is -1.77. The van der Waals surface area contributed by atoms with Gasteiger partial charge in [0.15, 0.2) is 0 Å². The lowest BCUT2D eigenvalue weighted by molar-refractivity contribution is -0.148. The van der Waals surface area contributed by atoms with E-state index >= 15 is 0 Å². The molecule has 1 N–H and O–H groups in total. The summed E-state index contributed by atoms with van der Waals surface area (Å²) >= 11 is 2.16. The highest BCUT2D eigenvalue weighted by molar-refractivity contribution is 14.1. The molecular weight excluding hydrogens is 337 g/mol. The molecule has 1 aliphatic rings. The molecule has 1 fully saturated rings. The lowest BCUT2D eigenvalue weighted by Crippen LogP contribution is -2.52. The molecule has 6 heteroatoms. The largest absolute Gasteiger partial charge is 0.480 e. The normalized spacial score (nSPS) is 29.2. The molecule has 0 aromatic carbocycles. The van der Waals surface area contributed by atoms with Gasteiger partial charge in [-0.2, -0.15) is 0 Å². The van der Waals surface area contributed by atoms with Crippen molar-refractivity contribution < 1.29 is 19.4 Å². The number of ether oxygens (including phenoxy) is 1. The fraction of sp³-hybridized carbons (Fsp3) is 0.818. The van der Waals surface area contributed by atoms with Crippen molar-refractivity contribution in [2.24, 2.45) is 0 Å². The third kappa shape index (κ3) is 3.23. The zero-order valence-electron chi connectivity index (χ0n) is 10.5. The number of hydrogen-bond acceptors (Lipinski definition) is 3. The van der Waals surface area contributed by atoms with Crippen molar-refractivity contribution in [1.82, 2.24) is 4.90 Å². The fourth-order valence-corrected chi connectivity index (χ4v) is 3.05. The van der Waals surface area contributed by atoms with E-state index in [-0.39, 0.29) is 3.92 Å². The van der Waals surface area contributed by atoms with Crippen LogP contribution in [0.3, 0.4) is 0 Å².